The average Bonchev–Trinajstić information content (AvgIpc) is 2.54. The fourth-order valence-electron chi connectivity index (χ4n) is 1.94. The van der Waals surface area contributed by atoms with Crippen LogP contribution in [0.15, 0.2) is 42.6 Å². The Hall–Kier alpha value is -2.40. The molecule has 21 heavy (non-hydrogen) atoms. The van der Waals surface area contributed by atoms with Gasteiger partial charge in [-0.3, -0.25) is 4.79 Å². The number of methoxy groups -OCH3 is 2. The first-order chi connectivity index (χ1) is 10.2. The molecule has 0 saturated heterocycles. The van der Waals surface area contributed by atoms with Gasteiger partial charge in [0.05, 0.1) is 13.7 Å². The van der Waals surface area contributed by atoms with E-state index in [1.54, 1.807) is 32.5 Å². The van der Waals surface area contributed by atoms with Gasteiger partial charge in [-0.25, -0.2) is 4.98 Å². The molecule has 0 aliphatic rings. The molecular weight excluding hydrogens is 268 g/mol. The molecule has 5 heteroatoms. The van der Waals surface area contributed by atoms with Crippen LogP contribution in [0.4, 0.5) is 0 Å². The first-order valence-electron chi connectivity index (χ1n) is 6.58. The third-order valence-corrected chi connectivity index (χ3v) is 3.01. The zero-order chi connectivity index (χ0) is 15.1. The maximum Gasteiger partial charge on any atom is 0.251 e. The van der Waals surface area contributed by atoms with Gasteiger partial charge in [0.2, 0.25) is 5.88 Å². The Morgan fingerprint density at radius 2 is 1.95 bits per heavy atom. The number of nitrogens with zero attached hydrogens (tertiary/aromatic N) is 1. The summed E-state index contributed by atoms with van der Waals surface area (Å²) in [6, 6.07) is 11.0. The number of hydrogen-bond acceptors (Lipinski definition) is 4. The molecule has 5 nitrogen and oxygen atoms in total. The van der Waals surface area contributed by atoms with E-state index in [0.717, 1.165) is 11.1 Å². The van der Waals surface area contributed by atoms with Crippen LogP contribution in [0.3, 0.4) is 0 Å². The minimum atomic E-state index is -0.134. The molecule has 0 radical (unpaired) electrons. The van der Waals surface area contributed by atoms with Gasteiger partial charge in [0.15, 0.2) is 0 Å². The van der Waals surface area contributed by atoms with Crippen LogP contribution in [-0.2, 0) is 17.9 Å². The number of carbonyl (C=O) groups is 1. The number of hydrogen-bond donors (Lipinski definition) is 1. The van der Waals surface area contributed by atoms with Crippen LogP contribution in [0, 0.1) is 0 Å². The molecule has 110 valence electrons. The summed E-state index contributed by atoms with van der Waals surface area (Å²) in [6.45, 7) is 0.907. The molecule has 1 aromatic carbocycles. The van der Waals surface area contributed by atoms with Crippen LogP contribution in [0.1, 0.15) is 21.5 Å². The SMILES string of the molecule is COCc1ccc(C(=O)NCc2cccnc2OC)cc1. The Bertz CT molecular complexity index is 597. The normalized spacial score (nSPS) is 10.2. The number of ether oxygens (including phenoxy) is 2. The van der Waals surface area contributed by atoms with Gasteiger partial charge in [-0.2, -0.15) is 0 Å². The van der Waals surface area contributed by atoms with E-state index in [0.29, 0.717) is 24.6 Å². The highest BCUT2D eigenvalue weighted by atomic mass is 16.5. The molecule has 0 atom stereocenters. The second kappa shape index (κ2) is 7.40. The van der Waals surface area contributed by atoms with Crippen molar-refractivity contribution in [3.05, 3.63) is 59.3 Å². The number of nitrogens with one attached hydrogen (secondary N) is 1. The lowest BCUT2D eigenvalue weighted by Crippen LogP contribution is -2.23. The second-order valence-electron chi connectivity index (χ2n) is 4.48. The topological polar surface area (TPSA) is 60.5 Å². The molecule has 0 spiro atoms. The fraction of sp³-hybridized carbons (Fsp3) is 0.250. The molecule has 0 aliphatic carbocycles. The molecule has 2 aromatic rings. The number of aromatic nitrogens is 1. The number of pyridine rings is 1. The van der Waals surface area contributed by atoms with Gasteiger partial charge in [-0.15, -0.1) is 0 Å². The van der Waals surface area contributed by atoms with Crippen LogP contribution in [-0.4, -0.2) is 25.1 Å². The van der Waals surface area contributed by atoms with Gasteiger partial charge >= 0.3 is 0 Å². The van der Waals surface area contributed by atoms with Crippen molar-refractivity contribution >= 4 is 5.91 Å². The van der Waals surface area contributed by atoms with Crippen LogP contribution in [0.2, 0.25) is 0 Å². The van der Waals surface area contributed by atoms with E-state index >= 15 is 0 Å². The summed E-state index contributed by atoms with van der Waals surface area (Å²) < 4.78 is 10.2. The van der Waals surface area contributed by atoms with E-state index in [2.05, 4.69) is 10.3 Å². The van der Waals surface area contributed by atoms with E-state index in [1.807, 2.05) is 24.3 Å². The standard InChI is InChI=1S/C16H18N2O3/c1-20-11-12-5-7-13(8-6-12)15(19)18-10-14-4-3-9-17-16(14)21-2/h3-9H,10-11H2,1-2H3,(H,18,19). The molecule has 0 fully saturated rings. The van der Waals surface area contributed by atoms with Crippen molar-refractivity contribution in [1.29, 1.82) is 0 Å². The largest absolute Gasteiger partial charge is 0.481 e. The van der Waals surface area contributed by atoms with Crippen molar-refractivity contribution in [3.8, 4) is 5.88 Å². The zero-order valence-corrected chi connectivity index (χ0v) is 12.1. The Kier molecular flexibility index (Phi) is 5.29. The summed E-state index contributed by atoms with van der Waals surface area (Å²) in [5.41, 5.74) is 2.48. The minimum absolute atomic E-state index is 0.134. The smallest absolute Gasteiger partial charge is 0.251 e. The molecule has 2 rings (SSSR count). The van der Waals surface area contributed by atoms with E-state index in [1.165, 1.54) is 0 Å². The van der Waals surface area contributed by atoms with Gasteiger partial charge in [-0.1, -0.05) is 18.2 Å². The number of carbonyl (C=O) groups excluding carboxylic acids is 1. The summed E-state index contributed by atoms with van der Waals surface area (Å²) in [7, 11) is 3.20. The van der Waals surface area contributed by atoms with Crippen molar-refractivity contribution in [2.75, 3.05) is 14.2 Å². The van der Waals surface area contributed by atoms with Crippen LogP contribution in [0.5, 0.6) is 5.88 Å². The van der Waals surface area contributed by atoms with E-state index in [9.17, 15) is 4.79 Å². The first kappa shape index (κ1) is 15.0. The first-order valence-corrected chi connectivity index (χ1v) is 6.58. The number of amides is 1. The lowest BCUT2D eigenvalue weighted by molar-refractivity contribution is 0.0950. The Labute approximate surface area is 123 Å². The van der Waals surface area contributed by atoms with Crippen molar-refractivity contribution < 1.29 is 14.3 Å². The van der Waals surface area contributed by atoms with Crippen molar-refractivity contribution in [2.45, 2.75) is 13.2 Å². The average molecular weight is 286 g/mol. The molecule has 1 heterocycles. The minimum Gasteiger partial charge on any atom is -0.481 e. The third-order valence-electron chi connectivity index (χ3n) is 3.01. The van der Waals surface area contributed by atoms with Crippen LogP contribution < -0.4 is 10.1 Å². The maximum absolute atomic E-state index is 12.1. The quantitative estimate of drug-likeness (QED) is 0.884. The van der Waals surface area contributed by atoms with Gasteiger partial charge in [-0.05, 0) is 23.8 Å². The predicted octanol–water partition coefficient (Wildman–Crippen LogP) is 2.17. The number of rotatable bonds is 6. The van der Waals surface area contributed by atoms with E-state index in [4.69, 9.17) is 9.47 Å². The van der Waals surface area contributed by atoms with Crippen molar-refractivity contribution in [3.63, 3.8) is 0 Å². The molecule has 1 N–H and O–H groups in total. The van der Waals surface area contributed by atoms with Crippen LogP contribution in [0.25, 0.3) is 0 Å². The molecule has 1 aromatic heterocycles. The molecule has 0 saturated carbocycles. The molecule has 0 unspecified atom stereocenters. The van der Waals surface area contributed by atoms with Crippen molar-refractivity contribution in [1.82, 2.24) is 10.3 Å². The highest BCUT2D eigenvalue weighted by Crippen LogP contribution is 2.13. The summed E-state index contributed by atoms with van der Waals surface area (Å²) in [5.74, 6) is 0.387. The molecule has 1 amide bonds. The predicted molar refractivity (Wildman–Crippen MR) is 79.1 cm³/mol. The lowest BCUT2D eigenvalue weighted by Gasteiger charge is -2.09. The lowest BCUT2D eigenvalue weighted by atomic mass is 10.1. The molecule has 0 bridgehead atoms. The summed E-state index contributed by atoms with van der Waals surface area (Å²) >= 11 is 0. The number of benzene rings is 1. The third kappa shape index (κ3) is 4.03. The Morgan fingerprint density at radius 1 is 1.19 bits per heavy atom. The van der Waals surface area contributed by atoms with E-state index < -0.39 is 0 Å². The van der Waals surface area contributed by atoms with Gasteiger partial charge in [0, 0.05) is 31.0 Å². The Balaban J connectivity index is 1.98. The highest BCUT2D eigenvalue weighted by molar-refractivity contribution is 5.94. The maximum atomic E-state index is 12.1. The summed E-state index contributed by atoms with van der Waals surface area (Å²) in [6.07, 6.45) is 1.65. The van der Waals surface area contributed by atoms with Gasteiger partial charge < -0.3 is 14.8 Å². The van der Waals surface area contributed by atoms with Crippen molar-refractivity contribution in [2.24, 2.45) is 0 Å². The zero-order valence-electron chi connectivity index (χ0n) is 12.1. The van der Waals surface area contributed by atoms with Crippen LogP contribution >= 0.6 is 0 Å². The van der Waals surface area contributed by atoms with Gasteiger partial charge in [0.1, 0.15) is 0 Å². The van der Waals surface area contributed by atoms with Gasteiger partial charge in [0.25, 0.3) is 5.91 Å². The summed E-state index contributed by atoms with van der Waals surface area (Å²) in [4.78, 5) is 16.2. The fourth-order valence-corrected chi connectivity index (χ4v) is 1.94. The second-order valence-corrected chi connectivity index (χ2v) is 4.48. The van der Waals surface area contributed by atoms with E-state index in [-0.39, 0.29) is 5.91 Å². The Morgan fingerprint density at radius 3 is 2.62 bits per heavy atom. The summed E-state index contributed by atoms with van der Waals surface area (Å²) in [5, 5.41) is 2.85. The molecular formula is C16H18N2O3. The molecule has 0 aliphatic heterocycles. The highest BCUT2D eigenvalue weighted by Gasteiger charge is 2.08. The monoisotopic (exact) mass is 286 g/mol.